The van der Waals surface area contributed by atoms with Crippen molar-refractivity contribution in [1.82, 2.24) is 0 Å². The highest BCUT2D eigenvalue weighted by Crippen LogP contribution is 2.27. The van der Waals surface area contributed by atoms with E-state index in [1.807, 2.05) is 0 Å². The van der Waals surface area contributed by atoms with E-state index in [9.17, 15) is 4.79 Å². The number of rotatable bonds is 4. The number of benzene rings is 1. The molecule has 0 spiro atoms. The molecule has 4 heteroatoms. The molecule has 1 unspecified atom stereocenters. The van der Waals surface area contributed by atoms with Crippen LogP contribution in [0.25, 0.3) is 0 Å². The van der Waals surface area contributed by atoms with Crippen LogP contribution in [0.15, 0.2) is 18.2 Å². The monoisotopic (exact) mass is 282 g/mol. The molecule has 0 heterocycles. The van der Waals surface area contributed by atoms with Crippen LogP contribution >= 0.6 is 11.6 Å². The molecule has 0 saturated heterocycles. The van der Waals surface area contributed by atoms with Crippen molar-refractivity contribution in [2.24, 2.45) is 11.3 Å². The van der Waals surface area contributed by atoms with Gasteiger partial charge in [-0.05, 0) is 36.0 Å². The Morgan fingerprint density at radius 1 is 1.42 bits per heavy atom. The maximum Gasteiger partial charge on any atom is 0.224 e. The number of carbonyl (C=O) groups is 1. The molecular weight excluding hydrogens is 260 g/mol. The first-order valence-corrected chi connectivity index (χ1v) is 6.90. The molecule has 1 aromatic rings. The van der Waals surface area contributed by atoms with Gasteiger partial charge in [0.15, 0.2) is 0 Å². The SMILES string of the molecule is CC(CC(=O)Nc1ccc(N)cc1Cl)CC(C)(C)C. The Morgan fingerprint density at radius 3 is 2.58 bits per heavy atom. The topological polar surface area (TPSA) is 55.1 Å². The fraction of sp³-hybridized carbons (Fsp3) is 0.533. The molecule has 1 aromatic carbocycles. The van der Waals surface area contributed by atoms with Crippen molar-refractivity contribution < 1.29 is 4.79 Å². The molecule has 0 bridgehead atoms. The van der Waals surface area contributed by atoms with E-state index >= 15 is 0 Å². The van der Waals surface area contributed by atoms with Crippen molar-refractivity contribution >= 4 is 28.9 Å². The zero-order valence-corrected chi connectivity index (χ0v) is 12.8. The van der Waals surface area contributed by atoms with Gasteiger partial charge in [0.2, 0.25) is 5.91 Å². The van der Waals surface area contributed by atoms with Crippen LogP contribution in [0, 0.1) is 11.3 Å². The molecule has 0 aromatic heterocycles. The van der Waals surface area contributed by atoms with E-state index in [2.05, 4.69) is 33.0 Å². The molecular formula is C15H23ClN2O. The Labute approximate surface area is 120 Å². The summed E-state index contributed by atoms with van der Waals surface area (Å²) in [5.74, 6) is 0.330. The summed E-state index contributed by atoms with van der Waals surface area (Å²) in [5.41, 5.74) is 7.05. The van der Waals surface area contributed by atoms with E-state index in [1.54, 1.807) is 18.2 Å². The van der Waals surface area contributed by atoms with Gasteiger partial charge in [0.1, 0.15) is 0 Å². The number of hydrogen-bond acceptors (Lipinski definition) is 2. The molecule has 1 rings (SSSR count). The van der Waals surface area contributed by atoms with Crippen LogP contribution < -0.4 is 11.1 Å². The molecule has 0 aliphatic heterocycles. The smallest absolute Gasteiger partial charge is 0.224 e. The molecule has 1 atom stereocenters. The minimum absolute atomic E-state index is 0.0107. The minimum Gasteiger partial charge on any atom is -0.399 e. The third kappa shape index (κ3) is 5.97. The van der Waals surface area contributed by atoms with Gasteiger partial charge in [-0.2, -0.15) is 0 Å². The van der Waals surface area contributed by atoms with Gasteiger partial charge < -0.3 is 11.1 Å². The second kappa shape index (κ2) is 6.29. The highest BCUT2D eigenvalue weighted by molar-refractivity contribution is 6.34. The lowest BCUT2D eigenvalue weighted by Crippen LogP contribution is -2.19. The average Bonchev–Trinajstić information content (AvgIpc) is 2.19. The minimum atomic E-state index is -0.0107. The van der Waals surface area contributed by atoms with Crippen LogP contribution in [0.4, 0.5) is 11.4 Å². The van der Waals surface area contributed by atoms with Crippen molar-refractivity contribution in [2.75, 3.05) is 11.1 Å². The largest absolute Gasteiger partial charge is 0.399 e. The summed E-state index contributed by atoms with van der Waals surface area (Å²) < 4.78 is 0. The van der Waals surface area contributed by atoms with Gasteiger partial charge in [-0.15, -0.1) is 0 Å². The quantitative estimate of drug-likeness (QED) is 0.808. The van der Waals surface area contributed by atoms with Gasteiger partial charge in [-0.3, -0.25) is 4.79 Å². The van der Waals surface area contributed by atoms with Crippen LogP contribution in [-0.2, 0) is 4.79 Å². The predicted octanol–water partition coefficient (Wildman–Crippen LogP) is 4.32. The van der Waals surface area contributed by atoms with E-state index in [4.69, 9.17) is 17.3 Å². The summed E-state index contributed by atoms with van der Waals surface area (Å²) in [6.45, 7) is 8.63. The zero-order chi connectivity index (χ0) is 14.6. The Hall–Kier alpha value is -1.22. The van der Waals surface area contributed by atoms with Gasteiger partial charge in [-0.25, -0.2) is 0 Å². The average molecular weight is 283 g/mol. The predicted molar refractivity (Wildman–Crippen MR) is 82.3 cm³/mol. The van der Waals surface area contributed by atoms with Crippen molar-refractivity contribution in [1.29, 1.82) is 0 Å². The van der Waals surface area contributed by atoms with E-state index in [-0.39, 0.29) is 11.3 Å². The van der Waals surface area contributed by atoms with Crippen molar-refractivity contribution in [2.45, 2.75) is 40.5 Å². The first kappa shape index (κ1) is 15.8. The molecule has 0 aliphatic carbocycles. The zero-order valence-electron chi connectivity index (χ0n) is 12.1. The second-order valence-corrected chi connectivity index (χ2v) is 6.77. The summed E-state index contributed by atoms with van der Waals surface area (Å²) in [6, 6.07) is 5.08. The van der Waals surface area contributed by atoms with E-state index in [0.717, 1.165) is 6.42 Å². The number of amides is 1. The number of nitrogens with two attached hydrogens (primary N) is 1. The number of hydrogen-bond donors (Lipinski definition) is 2. The fourth-order valence-corrected chi connectivity index (χ4v) is 2.50. The number of halogens is 1. The summed E-state index contributed by atoms with van der Waals surface area (Å²) >= 11 is 6.02. The molecule has 3 nitrogen and oxygen atoms in total. The summed E-state index contributed by atoms with van der Waals surface area (Å²) in [5, 5.41) is 3.30. The van der Waals surface area contributed by atoms with Crippen molar-refractivity contribution in [3.8, 4) is 0 Å². The standard InChI is InChI=1S/C15H23ClN2O/c1-10(9-15(2,3)4)7-14(19)18-13-6-5-11(17)8-12(13)16/h5-6,8,10H,7,9,17H2,1-4H3,(H,18,19). The highest BCUT2D eigenvalue weighted by atomic mass is 35.5. The lowest BCUT2D eigenvalue weighted by molar-refractivity contribution is -0.117. The number of nitrogen functional groups attached to an aromatic ring is 1. The summed E-state index contributed by atoms with van der Waals surface area (Å²) in [6.07, 6.45) is 1.51. The van der Waals surface area contributed by atoms with E-state index in [1.165, 1.54) is 0 Å². The molecule has 0 fully saturated rings. The molecule has 19 heavy (non-hydrogen) atoms. The van der Waals surface area contributed by atoms with Gasteiger partial charge >= 0.3 is 0 Å². The van der Waals surface area contributed by atoms with Gasteiger partial charge in [0.25, 0.3) is 0 Å². The van der Waals surface area contributed by atoms with E-state index < -0.39 is 0 Å². The lowest BCUT2D eigenvalue weighted by atomic mass is 9.84. The highest BCUT2D eigenvalue weighted by Gasteiger charge is 2.18. The summed E-state index contributed by atoms with van der Waals surface area (Å²) in [4.78, 5) is 11.9. The van der Waals surface area contributed by atoms with Crippen LogP contribution in [-0.4, -0.2) is 5.91 Å². The number of nitrogens with one attached hydrogen (secondary N) is 1. The summed E-state index contributed by atoms with van der Waals surface area (Å²) in [7, 11) is 0. The number of anilines is 2. The molecule has 1 amide bonds. The maximum atomic E-state index is 11.9. The van der Waals surface area contributed by atoms with Crippen LogP contribution in [0.5, 0.6) is 0 Å². The second-order valence-electron chi connectivity index (χ2n) is 6.36. The first-order valence-electron chi connectivity index (χ1n) is 6.52. The normalized spacial score (nSPS) is 13.1. The Kier molecular flexibility index (Phi) is 5.24. The van der Waals surface area contributed by atoms with Crippen molar-refractivity contribution in [3.63, 3.8) is 0 Å². The van der Waals surface area contributed by atoms with Crippen LogP contribution in [0.3, 0.4) is 0 Å². The Balaban J connectivity index is 2.56. The Morgan fingerprint density at radius 2 is 2.05 bits per heavy atom. The third-order valence-corrected chi connectivity index (χ3v) is 3.07. The maximum absolute atomic E-state index is 11.9. The lowest BCUT2D eigenvalue weighted by Gasteiger charge is -2.22. The first-order chi connectivity index (χ1) is 8.67. The van der Waals surface area contributed by atoms with Gasteiger partial charge in [0.05, 0.1) is 10.7 Å². The van der Waals surface area contributed by atoms with E-state index in [0.29, 0.717) is 28.7 Å². The van der Waals surface area contributed by atoms with Gasteiger partial charge in [-0.1, -0.05) is 39.3 Å². The molecule has 0 radical (unpaired) electrons. The van der Waals surface area contributed by atoms with Gasteiger partial charge in [0, 0.05) is 12.1 Å². The number of carbonyl (C=O) groups excluding carboxylic acids is 1. The molecule has 0 saturated carbocycles. The van der Waals surface area contributed by atoms with Crippen LogP contribution in [0.1, 0.15) is 40.5 Å². The molecule has 3 N–H and O–H groups in total. The molecule has 106 valence electrons. The fourth-order valence-electron chi connectivity index (χ4n) is 2.27. The van der Waals surface area contributed by atoms with Crippen LogP contribution in [0.2, 0.25) is 5.02 Å². The molecule has 0 aliphatic rings. The Bertz CT molecular complexity index is 452. The third-order valence-electron chi connectivity index (χ3n) is 2.76. The van der Waals surface area contributed by atoms with Crippen molar-refractivity contribution in [3.05, 3.63) is 23.2 Å².